The van der Waals surface area contributed by atoms with E-state index in [1.165, 1.54) is 36.5 Å². The van der Waals surface area contributed by atoms with Crippen LogP contribution in [0, 0.1) is 11.7 Å². The van der Waals surface area contributed by atoms with Gasteiger partial charge in [0.05, 0.1) is 47.4 Å². The summed E-state index contributed by atoms with van der Waals surface area (Å²) in [4.78, 5) is 19.6. The first-order chi connectivity index (χ1) is 18.2. The molecule has 0 spiro atoms. The highest BCUT2D eigenvalue weighted by Crippen LogP contribution is 2.32. The fourth-order valence-corrected chi connectivity index (χ4v) is 6.67. The van der Waals surface area contributed by atoms with Gasteiger partial charge >= 0.3 is 0 Å². The molecule has 0 radical (unpaired) electrons. The largest absolute Gasteiger partial charge is 0.376 e. The topological polar surface area (TPSA) is 81.5 Å². The number of carbonyl (C=O) groups is 1. The summed E-state index contributed by atoms with van der Waals surface area (Å²) in [6, 6.07) is 10.1. The molecule has 0 bridgehead atoms. The van der Waals surface area contributed by atoms with E-state index in [1.54, 1.807) is 21.6 Å². The first-order valence-corrected chi connectivity index (χ1v) is 15.0. The summed E-state index contributed by atoms with van der Waals surface area (Å²) in [6.45, 7) is 1.62. The molecule has 1 atom stereocenters. The van der Waals surface area contributed by atoms with Crippen molar-refractivity contribution in [1.29, 1.82) is 0 Å². The lowest BCUT2D eigenvalue weighted by Gasteiger charge is -2.25. The van der Waals surface area contributed by atoms with Crippen molar-refractivity contribution in [3.05, 3.63) is 81.3 Å². The second-order valence-corrected chi connectivity index (χ2v) is 12.6. The molecule has 7 nitrogen and oxygen atoms in total. The number of aromatic nitrogens is 2. The van der Waals surface area contributed by atoms with Crippen LogP contribution in [-0.4, -0.2) is 48.0 Å². The van der Waals surface area contributed by atoms with E-state index in [1.807, 2.05) is 0 Å². The second-order valence-electron chi connectivity index (χ2n) is 9.92. The van der Waals surface area contributed by atoms with Crippen molar-refractivity contribution < 1.29 is 22.3 Å². The van der Waals surface area contributed by atoms with E-state index < -0.39 is 15.7 Å². The summed E-state index contributed by atoms with van der Waals surface area (Å²) in [5, 5.41) is 0.611. The predicted molar refractivity (Wildman–Crippen MR) is 142 cm³/mol. The van der Waals surface area contributed by atoms with Crippen molar-refractivity contribution in [2.75, 3.05) is 13.2 Å². The van der Waals surface area contributed by atoms with E-state index in [-0.39, 0.29) is 34.5 Å². The molecule has 2 aromatic carbocycles. The zero-order valence-electron chi connectivity index (χ0n) is 20.7. The fraction of sp³-hybridized carbons (Fsp3) is 0.407. The number of carbonyl (C=O) groups excluding carboxylic acids is 1. The summed E-state index contributed by atoms with van der Waals surface area (Å²) in [5.74, 6) is -0.615. The van der Waals surface area contributed by atoms with Gasteiger partial charge in [-0.05, 0) is 67.5 Å². The van der Waals surface area contributed by atoms with Crippen molar-refractivity contribution in [2.45, 2.75) is 55.8 Å². The van der Waals surface area contributed by atoms with Crippen LogP contribution in [-0.2, 0) is 33.4 Å². The lowest BCUT2D eigenvalue weighted by molar-refractivity contribution is 0.0723. The monoisotopic (exact) mass is 579 g/mol. The standard InChI is InChI=1S/C27H28Cl2FN3O4S/c28-20-7-10-24(25(29)12-20)26(34)32(14-18-3-4-18)15-22-13-31-27(33(22)16-23-2-1-11-37-23)38(35,36)17-19-5-8-21(30)9-6-19/h5-10,12-13,18,23H,1-4,11,14-17H2/t23-/m0/s1. The van der Waals surface area contributed by atoms with Crippen molar-refractivity contribution in [3.63, 3.8) is 0 Å². The highest BCUT2D eigenvalue weighted by atomic mass is 35.5. The molecule has 0 N–H and O–H groups in total. The van der Waals surface area contributed by atoms with Gasteiger partial charge < -0.3 is 14.2 Å². The van der Waals surface area contributed by atoms with Crippen molar-refractivity contribution in [2.24, 2.45) is 5.92 Å². The number of imidazole rings is 1. The Morgan fingerprint density at radius 2 is 1.89 bits per heavy atom. The molecule has 1 saturated carbocycles. The number of ether oxygens (including phenoxy) is 1. The van der Waals surface area contributed by atoms with Gasteiger partial charge in [0.15, 0.2) is 0 Å². The Morgan fingerprint density at radius 3 is 2.55 bits per heavy atom. The highest BCUT2D eigenvalue weighted by Gasteiger charge is 2.31. The van der Waals surface area contributed by atoms with Gasteiger partial charge in [0, 0.05) is 18.2 Å². The van der Waals surface area contributed by atoms with Crippen molar-refractivity contribution in [3.8, 4) is 0 Å². The number of nitrogens with zero attached hydrogens (tertiary/aromatic N) is 3. The summed E-state index contributed by atoms with van der Waals surface area (Å²) in [6.07, 6.45) is 5.13. The van der Waals surface area contributed by atoms with Crippen LogP contribution in [0.3, 0.4) is 0 Å². The van der Waals surface area contributed by atoms with Crippen LogP contribution in [0.1, 0.15) is 47.3 Å². The van der Waals surface area contributed by atoms with Gasteiger partial charge in [-0.15, -0.1) is 0 Å². The predicted octanol–water partition coefficient (Wildman–Crippen LogP) is 5.53. The van der Waals surface area contributed by atoms with E-state index in [0.29, 0.717) is 47.5 Å². The number of benzene rings is 2. The SMILES string of the molecule is O=C(c1ccc(Cl)cc1Cl)N(Cc1cnc(S(=O)(=O)Cc2ccc(F)cc2)n1C[C@@H]1CCCO1)CC1CC1. The molecule has 1 saturated heterocycles. The number of sulfone groups is 1. The third-order valence-electron chi connectivity index (χ3n) is 6.84. The summed E-state index contributed by atoms with van der Waals surface area (Å²) < 4.78 is 47.8. The summed E-state index contributed by atoms with van der Waals surface area (Å²) in [7, 11) is -3.87. The minimum Gasteiger partial charge on any atom is -0.376 e. The van der Waals surface area contributed by atoms with Gasteiger partial charge in [-0.3, -0.25) is 4.79 Å². The molecule has 11 heteroatoms. The average molecular weight is 581 g/mol. The van der Waals surface area contributed by atoms with Crippen LogP contribution < -0.4 is 0 Å². The number of hydrogen-bond donors (Lipinski definition) is 0. The lowest BCUT2D eigenvalue weighted by Crippen LogP contribution is -2.34. The van der Waals surface area contributed by atoms with Gasteiger partial charge in [0.25, 0.3) is 5.91 Å². The summed E-state index contributed by atoms with van der Waals surface area (Å²) >= 11 is 12.4. The maximum atomic E-state index is 13.6. The minimum absolute atomic E-state index is 0.0873. The quantitative estimate of drug-likeness (QED) is 0.315. The Hall–Kier alpha value is -2.46. The third kappa shape index (κ3) is 6.39. The van der Waals surface area contributed by atoms with Gasteiger partial charge in [-0.2, -0.15) is 0 Å². The molecule has 2 aliphatic rings. The van der Waals surface area contributed by atoms with Gasteiger partial charge in [-0.1, -0.05) is 35.3 Å². The van der Waals surface area contributed by atoms with Gasteiger partial charge in [-0.25, -0.2) is 17.8 Å². The molecule has 1 amide bonds. The first-order valence-electron chi connectivity index (χ1n) is 12.6. The number of hydrogen-bond acceptors (Lipinski definition) is 5. The molecule has 202 valence electrons. The van der Waals surface area contributed by atoms with E-state index in [9.17, 15) is 17.6 Å². The zero-order chi connectivity index (χ0) is 26.9. The molecular formula is C27H28Cl2FN3O4S. The molecule has 1 aliphatic carbocycles. The fourth-order valence-electron chi connectivity index (χ4n) is 4.68. The molecule has 3 aromatic rings. The van der Waals surface area contributed by atoms with E-state index >= 15 is 0 Å². The Labute approximate surface area is 231 Å². The average Bonchev–Trinajstić information content (AvgIpc) is 3.36. The smallest absolute Gasteiger partial charge is 0.255 e. The number of amides is 1. The van der Waals surface area contributed by atoms with Crippen LogP contribution in [0.5, 0.6) is 0 Å². The number of halogens is 3. The molecule has 5 rings (SSSR count). The lowest BCUT2D eigenvalue weighted by atomic mass is 10.1. The second kappa shape index (κ2) is 11.3. The van der Waals surface area contributed by atoms with Crippen molar-refractivity contribution in [1.82, 2.24) is 14.5 Å². The van der Waals surface area contributed by atoms with Gasteiger partial charge in [0.1, 0.15) is 5.82 Å². The Balaban J connectivity index is 1.47. The number of rotatable bonds is 10. The Morgan fingerprint density at radius 1 is 1.13 bits per heavy atom. The maximum absolute atomic E-state index is 13.6. The zero-order valence-corrected chi connectivity index (χ0v) is 23.0. The normalized spacial score (nSPS) is 17.6. The Kier molecular flexibility index (Phi) is 8.09. The molecule has 2 fully saturated rings. The molecular weight excluding hydrogens is 552 g/mol. The van der Waals surface area contributed by atoms with E-state index in [4.69, 9.17) is 27.9 Å². The van der Waals surface area contributed by atoms with Crippen molar-refractivity contribution >= 4 is 38.9 Å². The first kappa shape index (κ1) is 27.1. The molecule has 38 heavy (non-hydrogen) atoms. The highest BCUT2D eigenvalue weighted by molar-refractivity contribution is 7.90. The van der Waals surface area contributed by atoms with Crippen LogP contribution in [0.15, 0.2) is 53.8 Å². The van der Waals surface area contributed by atoms with Gasteiger partial charge in [0.2, 0.25) is 15.0 Å². The summed E-state index contributed by atoms with van der Waals surface area (Å²) in [5.41, 5.74) is 1.39. The van der Waals surface area contributed by atoms with Crippen LogP contribution in [0.25, 0.3) is 0 Å². The molecule has 2 heterocycles. The van der Waals surface area contributed by atoms with E-state index in [2.05, 4.69) is 4.98 Å². The Bertz CT molecular complexity index is 1420. The van der Waals surface area contributed by atoms with Crippen LogP contribution in [0.4, 0.5) is 4.39 Å². The van der Waals surface area contributed by atoms with Crippen LogP contribution >= 0.6 is 23.2 Å². The third-order valence-corrected chi connectivity index (χ3v) is 8.98. The van der Waals surface area contributed by atoms with Crippen LogP contribution in [0.2, 0.25) is 10.0 Å². The van der Waals surface area contributed by atoms with E-state index in [0.717, 1.165) is 25.7 Å². The molecule has 1 aromatic heterocycles. The minimum atomic E-state index is -3.87. The molecule has 0 unspecified atom stereocenters. The maximum Gasteiger partial charge on any atom is 0.255 e. The molecule has 1 aliphatic heterocycles.